The standard InChI is InChI=1S/C13H8ClI3N2O/c1-6-2-9(14)8(5-18-6)13(20)19-12-10(16)3-7(15)4-11(12)17/h2-5H,1H3,(H,19,20). The second-order valence-corrected chi connectivity index (χ2v) is 7.98. The Kier molecular flexibility index (Phi) is 5.88. The molecule has 1 amide bonds. The summed E-state index contributed by atoms with van der Waals surface area (Å²) in [5.41, 5.74) is 1.96. The summed E-state index contributed by atoms with van der Waals surface area (Å²) in [6.07, 6.45) is 1.50. The quantitative estimate of drug-likeness (QED) is 0.473. The molecule has 3 nitrogen and oxygen atoms in total. The lowest BCUT2D eigenvalue weighted by Crippen LogP contribution is -2.15. The number of hydrogen-bond acceptors (Lipinski definition) is 2. The Morgan fingerprint density at radius 1 is 1.20 bits per heavy atom. The van der Waals surface area contributed by atoms with Gasteiger partial charge in [0, 0.05) is 22.6 Å². The topological polar surface area (TPSA) is 42.0 Å². The van der Waals surface area contributed by atoms with Crippen LogP contribution in [0.4, 0.5) is 5.69 Å². The van der Waals surface area contributed by atoms with Gasteiger partial charge in [-0.1, -0.05) is 11.6 Å². The summed E-state index contributed by atoms with van der Waals surface area (Å²) in [4.78, 5) is 16.4. The lowest BCUT2D eigenvalue weighted by molar-refractivity contribution is 0.102. The first kappa shape index (κ1) is 16.7. The average Bonchev–Trinajstić information content (AvgIpc) is 2.33. The van der Waals surface area contributed by atoms with Crippen LogP contribution >= 0.6 is 79.4 Å². The van der Waals surface area contributed by atoms with Crippen molar-refractivity contribution >= 4 is 91.0 Å². The van der Waals surface area contributed by atoms with Crippen molar-refractivity contribution in [2.24, 2.45) is 0 Å². The molecule has 2 rings (SSSR count). The SMILES string of the molecule is Cc1cc(Cl)c(C(=O)Nc2c(I)cc(I)cc2I)cn1. The molecule has 1 aromatic carbocycles. The normalized spacial score (nSPS) is 10.4. The highest BCUT2D eigenvalue weighted by molar-refractivity contribution is 14.1. The molecule has 1 aromatic heterocycles. The molecule has 0 aliphatic rings. The number of amides is 1. The van der Waals surface area contributed by atoms with Gasteiger partial charge < -0.3 is 5.32 Å². The number of rotatable bonds is 2. The largest absolute Gasteiger partial charge is 0.320 e. The Labute approximate surface area is 162 Å². The number of aromatic nitrogens is 1. The smallest absolute Gasteiger partial charge is 0.258 e. The predicted molar refractivity (Wildman–Crippen MR) is 107 cm³/mol. The van der Waals surface area contributed by atoms with Crippen LogP contribution in [0.1, 0.15) is 16.1 Å². The van der Waals surface area contributed by atoms with Crippen molar-refractivity contribution in [3.63, 3.8) is 0 Å². The maximum absolute atomic E-state index is 12.3. The number of pyridine rings is 1. The van der Waals surface area contributed by atoms with Crippen molar-refractivity contribution in [1.82, 2.24) is 4.98 Å². The second-order valence-electron chi connectivity index (χ2n) is 4.00. The van der Waals surface area contributed by atoms with Crippen molar-refractivity contribution in [3.8, 4) is 0 Å². The Balaban J connectivity index is 2.33. The lowest BCUT2D eigenvalue weighted by Gasteiger charge is -2.11. The van der Waals surface area contributed by atoms with Crippen molar-refractivity contribution < 1.29 is 4.79 Å². The molecule has 2 aromatic rings. The zero-order valence-electron chi connectivity index (χ0n) is 10.2. The first-order chi connectivity index (χ1) is 9.38. The summed E-state index contributed by atoms with van der Waals surface area (Å²) >= 11 is 12.7. The molecule has 104 valence electrons. The highest BCUT2D eigenvalue weighted by atomic mass is 127. The average molecular weight is 624 g/mol. The van der Waals surface area contributed by atoms with E-state index in [1.54, 1.807) is 6.07 Å². The van der Waals surface area contributed by atoms with Crippen LogP contribution in [0, 0.1) is 17.6 Å². The number of benzene rings is 1. The maximum Gasteiger partial charge on any atom is 0.258 e. The maximum atomic E-state index is 12.3. The van der Waals surface area contributed by atoms with Gasteiger partial charge in [-0.25, -0.2) is 0 Å². The summed E-state index contributed by atoms with van der Waals surface area (Å²) in [5.74, 6) is -0.250. The number of aryl methyl sites for hydroxylation is 1. The van der Waals surface area contributed by atoms with E-state index in [0.717, 1.165) is 22.1 Å². The van der Waals surface area contributed by atoms with Crippen LogP contribution in [-0.4, -0.2) is 10.9 Å². The third-order valence-electron chi connectivity index (χ3n) is 2.48. The molecule has 0 saturated heterocycles. The van der Waals surface area contributed by atoms with Gasteiger partial charge in [-0.05, 0) is 92.9 Å². The minimum absolute atomic E-state index is 0.250. The lowest BCUT2D eigenvalue weighted by atomic mass is 10.2. The van der Waals surface area contributed by atoms with E-state index in [0.29, 0.717) is 10.6 Å². The molecular formula is C13H8ClI3N2O. The number of hydrogen-bond donors (Lipinski definition) is 1. The first-order valence-electron chi connectivity index (χ1n) is 5.46. The van der Waals surface area contributed by atoms with E-state index < -0.39 is 0 Å². The number of halogens is 4. The summed E-state index contributed by atoms with van der Waals surface area (Å²) in [5, 5.41) is 3.31. The fourth-order valence-electron chi connectivity index (χ4n) is 1.54. The molecule has 1 heterocycles. The minimum Gasteiger partial charge on any atom is -0.320 e. The van der Waals surface area contributed by atoms with Crippen molar-refractivity contribution in [2.45, 2.75) is 6.92 Å². The molecule has 0 aliphatic carbocycles. The van der Waals surface area contributed by atoms with E-state index in [1.807, 2.05) is 19.1 Å². The van der Waals surface area contributed by atoms with Crippen LogP contribution in [0.2, 0.25) is 5.02 Å². The molecule has 0 radical (unpaired) electrons. The van der Waals surface area contributed by atoms with E-state index in [9.17, 15) is 4.79 Å². The molecule has 0 aliphatic heterocycles. The first-order valence-corrected chi connectivity index (χ1v) is 9.08. The van der Waals surface area contributed by atoms with Gasteiger partial charge in [0.05, 0.1) is 16.3 Å². The van der Waals surface area contributed by atoms with Crippen LogP contribution in [-0.2, 0) is 0 Å². The zero-order valence-corrected chi connectivity index (χ0v) is 17.4. The fourth-order valence-corrected chi connectivity index (χ4v) is 5.68. The van der Waals surface area contributed by atoms with Gasteiger partial charge in [-0.15, -0.1) is 0 Å². The zero-order chi connectivity index (χ0) is 14.9. The molecule has 7 heteroatoms. The molecule has 0 spiro atoms. The Morgan fingerprint density at radius 3 is 2.35 bits per heavy atom. The van der Waals surface area contributed by atoms with Crippen LogP contribution in [0.3, 0.4) is 0 Å². The van der Waals surface area contributed by atoms with Gasteiger partial charge in [0.25, 0.3) is 5.91 Å². The van der Waals surface area contributed by atoms with Gasteiger partial charge in [0.2, 0.25) is 0 Å². The van der Waals surface area contributed by atoms with E-state index >= 15 is 0 Å². The summed E-state index contributed by atoms with van der Waals surface area (Å²) in [6.45, 7) is 1.83. The summed E-state index contributed by atoms with van der Waals surface area (Å²) < 4.78 is 3.11. The molecule has 0 saturated carbocycles. The van der Waals surface area contributed by atoms with Crippen molar-refractivity contribution in [2.75, 3.05) is 5.32 Å². The van der Waals surface area contributed by atoms with Gasteiger partial charge in [-0.2, -0.15) is 0 Å². The van der Waals surface area contributed by atoms with E-state index in [2.05, 4.69) is 78.1 Å². The van der Waals surface area contributed by atoms with Crippen LogP contribution in [0.25, 0.3) is 0 Å². The number of nitrogens with one attached hydrogen (secondary N) is 1. The molecular weight excluding hydrogens is 616 g/mol. The van der Waals surface area contributed by atoms with Crippen LogP contribution in [0.5, 0.6) is 0 Å². The highest BCUT2D eigenvalue weighted by Gasteiger charge is 2.15. The molecule has 0 unspecified atom stereocenters. The molecule has 0 fully saturated rings. The fraction of sp³-hybridized carbons (Fsp3) is 0.0769. The van der Waals surface area contributed by atoms with Crippen LogP contribution in [0.15, 0.2) is 24.4 Å². The third-order valence-corrected chi connectivity index (χ3v) is 5.12. The van der Waals surface area contributed by atoms with E-state index in [-0.39, 0.29) is 5.91 Å². The summed E-state index contributed by atoms with van der Waals surface area (Å²) in [7, 11) is 0. The molecule has 1 N–H and O–H groups in total. The second kappa shape index (κ2) is 7.05. The van der Waals surface area contributed by atoms with Crippen LogP contribution < -0.4 is 5.32 Å². The minimum atomic E-state index is -0.250. The van der Waals surface area contributed by atoms with E-state index in [1.165, 1.54) is 6.20 Å². The van der Waals surface area contributed by atoms with E-state index in [4.69, 9.17) is 11.6 Å². The van der Waals surface area contributed by atoms with Gasteiger partial charge in [0.15, 0.2) is 0 Å². The Bertz CT molecular complexity index is 668. The number of carbonyl (C=O) groups excluding carboxylic acids is 1. The molecule has 0 atom stereocenters. The number of nitrogens with zero attached hydrogens (tertiary/aromatic N) is 1. The molecule has 0 bridgehead atoms. The Hall–Kier alpha value is 0.320. The van der Waals surface area contributed by atoms with Gasteiger partial charge >= 0.3 is 0 Å². The third kappa shape index (κ3) is 3.95. The summed E-state index contributed by atoms with van der Waals surface area (Å²) in [6, 6.07) is 5.70. The Morgan fingerprint density at radius 2 is 1.80 bits per heavy atom. The van der Waals surface area contributed by atoms with Gasteiger partial charge in [-0.3, -0.25) is 9.78 Å². The van der Waals surface area contributed by atoms with Crippen molar-refractivity contribution in [1.29, 1.82) is 0 Å². The van der Waals surface area contributed by atoms with Gasteiger partial charge in [0.1, 0.15) is 0 Å². The molecule has 20 heavy (non-hydrogen) atoms. The number of carbonyl (C=O) groups is 1. The highest BCUT2D eigenvalue weighted by Crippen LogP contribution is 2.28. The number of anilines is 1. The van der Waals surface area contributed by atoms with Crippen molar-refractivity contribution in [3.05, 3.63) is 51.4 Å². The predicted octanol–water partition coefficient (Wildman–Crippen LogP) is 5.11. The monoisotopic (exact) mass is 624 g/mol.